The highest BCUT2D eigenvalue weighted by molar-refractivity contribution is 5.82. The number of fused-ring (bicyclic) bond motifs is 4. The molecule has 3 aliphatic heterocycles. The highest BCUT2D eigenvalue weighted by Gasteiger charge is 2.55. The van der Waals surface area contributed by atoms with Crippen LogP contribution in [0.4, 0.5) is 11.4 Å². The van der Waals surface area contributed by atoms with Gasteiger partial charge in [-0.25, -0.2) is 0 Å². The topological polar surface area (TPSA) is 108 Å². The molecular formula is C32H31N4O5+. The van der Waals surface area contributed by atoms with Crippen molar-refractivity contribution in [3.05, 3.63) is 129 Å². The van der Waals surface area contributed by atoms with Crippen molar-refractivity contribution < 1.29 is 19.1 Å². The van der Waals surface area contributed by atoms with E-state index in [1.807, 2.05) is 36.4 Å². The second kappa shape index (κ2) is 10.7. The maximum absolute atomic E-state index is 12.1. The minimum atomic E-state index is -0.633. The van der Waals surface area contributed by atoms with Gasteiger partial charge in [0.1, 0.15) is 12.6 Å². The number of nitro groups is 2. The molecule has 0 N–H and O–H groups in total. The zero-order chi connectivity index (χ0) is 28.6. The Balaban J connectivity index is 1.52. The molecule has 9 nitrogen and oxygen atoms in total. The molecule has 5 atom stereocenters. The van der Waals surface area contributed by atoms with Crippen LogP contribution in [-0.2, 0) is 6.54 Å². The molecule has 3 fully saturated rings. The summed E-state index contributed by atoms with van der Waals surface area (Å²) in [7, 11) is 0. The van der Waals surface area contributed by atoms with E-state index in [-0.39, 0.29) is 17.5 Å². The number of nitro benzene ring substituents is 2. The zero-order valence-corrected chi connectivity index (χ0v) is 22.5. The maximum atomic E-state index is 12.1. The summed E-state index contributed by atoms with van der Waals surface area (Å²) in [6, 6.07) is 23.8. The van der Waals surface area contributed by atoms with Crippen LogP contribution in [0.25, 0.3) is 10.9 Å². The first-order valence-corrected chi connectivity index (χ1v) is 13.8. The van der Waals surface area contributed by atoms with Crippen molar-refractivity contribution in [1.29, 1.82) is 0 Å². The normalized spacial score (nSPS) is 24.0. The average molecular weight is 552 g/mol. The molecule has 7 rings (SSSR count). The highest BCUT2D eigenvalue weighted by atomic mass is 16.6. The van der Waals surface area contributed by atoms with E-state index in [0.717, 1.165) is 59.5 Å². The van der Waals surface area contributed by atoms with Crippen LogP contribution in [0, 0.1) is 32.1 Å². The fraction of sp³-hybridized carbons (Fsp3) is 0.281. The van der Waals surface area contributed by atoms with Crippen LogP contribution in [0.3, 0.4) is 0 Å². The minimum Gasteiger partial charge on any atom is -0.472 e. The number of nitrogens with zero attached hydrogens (tertiary/aromatic N) is 4. The van der Waals surface area contributed by atoms with Gasteiger partial charge in [0.25, 0.3) is 5.69 Å². The fourth-order valence-electron chi connectivity index (χ4n) is 7.02. The van der Waals surface area contributed by atoms with E-state index in [4.69, 9.17) is 4.74 Å². The fourth-order valence-corrected chi connectivity index (χ4v) is 7.02. The predicted molar refractivity (Wildman–Crippen MR) is 155 cm³/mol. The third-order valence-electron chi connectivity index (χ3n) is 8.96. The lowest BCUT2D eigenvalue weighted by Gasteiger charge is -2.58. The van der Waals surface area contributed by atoms with Crippen molar-refractivity contribution in [3.63, 3.8) is 0 Å². The molecule has 9 heteroatoms. The molecule has 4 aromatic rings. The van der Waals surface area contributed by atoms with Gasteiger partial charge in [0, 0.05) is 47.5 Å². The van der Waals surface area contributed by atoms with Gasteiger partial charge in [0.2, 0.25) is 0 Å². The number of ether oxygens (including phenoxy) is 1. The Labute approximate surface area is 237 Å². The zero-order valence-electron chi connectivity index (χ0n) is 22.5. The highest BCUT2D eigenvalue weighted by Crippen LogP contribution is 2.50. The van der Waals surface area contributed by atoms with Crippen molar-refractivity contribution >= 4 is 22.3 Å². The average Bonchev–Trinajstić information content (AvgIpc) is 3.00. The van der Waals surface area contributed by atoms with E-state index < -0.39 is 21.6 Å². The molecule has 208 valence electrons. The van der Waals surface area contributed by atoms with Gasteiger partial charge in [0.05, 0.1) is 34.5 Å². The lowest BCUT2D eigenvalue weighted by atomic mass is 9.71. The molecule has 0 radical (unpaired) electrons. The van der Waals surface area contributed by atoms with Crippen LogP contribution in [0.2, 0.25) is 0 Å². The number of aromatic nitrogens is 1. The Bertz CT molecular complexity index is 1620. The number of rotatable bonds is 9. The molecule has 2 bridgehead atoms. The maximum Gasteiger partial charge on any atom is 0.317 e. The quantitative estimate of drug-likeness (QED) is 0.0982. The van der Waals surface area contributed by atoms with Crippen molar-refractivity contribution in [2.75, 3.05) is 13.1 Å². The number of quaternary nitrogens is 1. The number of hydrogen-bond acceptors (Lipinski definition) is 6. The lowest BCUT2D eigenvalue weighted by Crippen LogP contribution is -2.68. The second-order valence-electron chi connectivity index (χ2n) is 11.1. The second-order valence-corrected chi connectivity index (χ2v) is 11.1. The molecule has 0 saturated carbocycles. The van der Waals surface area contributed by atoms with Crippen molar-refractivity contribution in [3.8, 4) is 5.75 Å². The van der Waals surface area contributed by atoms with Gasteiger partial charge in [-0.1, -0.05) is 54.6 Å². The van der Waals surface area contributed by atoms with Crippen LogP contribution in [0.15, 0.2) is 97.7 Å². The van der Waals surface area contributed by atoms with Crippen molar-refractivity contribution in [2.45, 2.75) is 31.5 Å². The van der Waals surface area contributed by atoms with E-state index in [0.29, 0.717) is 11.8 Å². The molecule has 41 heavy (non-hydrogen) atoms. The van der Waals surface area contributed by atoms with E-state index in [1.54, 1.807) is 6.20 Å². The molecule has 0 amide bonds. The third-order valence-corrected chi connectivity index (χ3v) is 8.96. The molecule has 3 aromatic carbocycles. The Morgan fingerprint density at radius 2 is 1.80 bits per heavy atom. The van der Waals surface area contributed by atoms with Crippen molar-refractivity contribution in [1.82, 2.24) is 4.98 Å². The first-order chi connectivity index (χ1) is 19.9. The Hall–Kier alpha value is -4.63. The summed E-state index contributed by atoms with van der Waals surface area (Å²) in [6.45, 7) is 6.81. The minimum absolute atomic E-state index is 0.0206. The van der Waals surface area contributed by atoms with Crippen LogP contribution in [0.5, 0.6) is 5.75 Å². The first-order valence-electron chi connectivity index (χ1n) is 13.8. The molecule has 0 spiro atoms. The number of non-ortho nitro benzene ring substituents is 1. The Kier molecular flexibility index (Phi) is 6.96. The molecule has 1 unspecified atom stereocenters. The Morgan fingerprint density at radius 1 is 1.02 bits per heavy atom. The van der Waals surface area contributed by atoms with Gasteiger partial charge in [-0.05, 0) is 24.1 Å². The summed E-state index contributed by atoms with van der Waals surface area (Å²) < 4.78 is 7.49. The van der Waals surface area contributed by atoms with E-state index >= 15 is 0 Å². The molecule has 4 heterocycles. The van der Waals surface area contributed by atoms with E-state index in [9.17, 15) is 20.2 Å². The van der Waals surface area contributed by atoms with E-state index in [2.05, 4.69) is 41.9 Å². The molecular weight excluding hydrogens is 520 g/mol. The monoisotopic (exact) mass is 551 g/mol. The van der Waals surface area contributed by atoms with Gasteiger partial charge >= 0.3 is 5.69 Å². The van der Waals surface area contributed by atoms with Crippen molar-refractivity contribution in [2.24, 2.45) is 11.8 Å². The summed E-state index contributed by atoms with van der Waals surface area (Å²) in [6.07, 6.45) is 5.22. The summed E-state index contributed by atoms with van der Waals surface area (Å²) in [4.78, 5) is 26.8. The summed E-state index contributed by atoms with van der Waals surface area (Å²) in [5.74, 6) is 0.818. The summed E-state index contributed by atoms with van der Waals surface area (Å²) >= 11 is 0. The number of hydrogen-bond donors (Lipinski definition) is 0. The molecule has 3 aliphatic rings. The number of piperidine rings is 3. The van der Waals surface area contributed by atoms with Gasteiger partial charge < -0.3 is 9.22 Å². The predicted octanol–water partition coefficient (Wildman–Crippen LogP) is 6.78. The molecule has 1 aromatic heterocycles. The van der Waals surface area contributed by atoms with Crippen LogP contribution in [-0.4, -0.2) is 38.4 Å². The van der Waals surface area contributed by atoms with Gasteiger partial charge in [-0.15, -0.1) is 6.58 Å². The smallest absolute Gasteiger partial charge is 0.317 e. The van der Waals surface area contributed by atoms with Gasteiger partial charge in [-0.2, -0.15) is 0 Å². The number of pyridine rings is 1. The summed E-state index contributed by atoms with van der Waals surface area (Å²) in [5, 5.41) is 24.4. The number of para-hydroxylation sites is 1. The first kappa shape index (κ1) is 26.6. The molecule has 3 saturated heterocycles. The lowest BCUT2D eigenvalue weighted by molar-refractivity contribution is -0.984. The van der Waals surface area contributed by atoms with E-state index in [1.165, 1.54) is 17.7 Å². The third kappa shape index (κ3) is 4.93. The Morgan fingerprint density at radius 3 is 2.56 bits per heavy atom. The van der Waals surface area contributed by atoms with Crippen LogP contribution < -0.4 is 4.74 Å². The van der Waals surface area contributed by atoms with Crippen LogP contribution in [0.1, 0.15) is 30.1 Å². The standard InChI is InChI=1S/C32H31N4O5/c1-2-23-21-36(20-22-8-4-3-5-9-22)17-15-24(23)18-30(36)32(27-14-16-33-28-11-7-6-10-26(27)28)41-31-13-12-25(34(37)38)19-29(31)35(39)40/h2-14,16,19,23-24,30,32H,1,15,17-18,20-21H2/q+1/t23-,24-,30-,32+,36?/m0/s1. The summed E-state index contributed by atoms with van der Waals surface area (Å²) in [5.41, 5.74) is 2.17. The van der Waals surface area contributed by atoms with Crippen LogP contribution >= 0.6 is 0 Å². The SMILES string of the molecule is C=C[C@H]1C[N+]2(Cc3ccccc3)CC[C@H]1C[C@H]2[C@H](Oc1ccc([N+](=O)[O-])cc1[N+](=O)[O-])c1ccnc2ccccc12. The largest absolute Gasteiger partial charge is 0.472 e. The molecule has 0 aliphatic carbocycles. The number of benzene rings is 3. The van der Waals surface area contributed by atoms with Gasteiger partial charge in [-0.3, -0.25) is 25.2 Å². The van der Waals surface area contributed by atoms with Gasteiger partial charge in [0.15, 0.2) is 11.9 Å².